The SMILES string of the molecule is CCCCCCCCO[C@H]1[C@H](OCc2ccccc2)[C@@H](OCc2ccccc2)[C@H](Sc2ccccc2)O[C@@H]1CO. The highest BCUT2D eigenvalue weighted by Gasteiger charge is 2.48. The van der Waals surface area contributed by atoms with Crippen molar-refractivity contribution in [3.63, 3.8) is 0 Å². The maximum atomic E-state index is 10.4. The maximum Gasteiger partial charge on any atom is 0.137 e. The molecule has 0 radical (unpaired) electrons. The van der Waals surface area contributed by atoms with Crippen LogP contribution in [0.15, 0.2) is 95.9 Å². The molecule has 0 unspecified atom stereocenters. The van der Waals surface area contributed by atoms with Crippen molar-refractivity contribution >= 4 is 11.8 Å². The van der Waals surface area contributed by atoms with Crippen molar-refractivity contribution < 1.29 is 24.1 Å². The molecule has 3 aromatic rings. The van der Waals surface area contributed by atoms with E-state index in [1.165, 1.54) is 25.7 Å². The van der Waals surface area contributed by atoms with Crippen LogP contribution in [0.2, 0.25) is 0 Å². The molecule has 1 aliphatic rings. The van der Waals surface area contributed by atoms with E-state index in [1.54, 1.807) is 11.8 Å². The van der Waals surface area contributed by atoms with Crippen LogP contribution in [0.5, 0.6) is 0 Å². The Kier molecular flexibility index (Phi) is 13.5. The summed E-state index contributed by atoms with van der Waals surface area (Å²) in [5.74, 6) is 0. The highest BCUT2D eigenvalue weighted by atomic mass is 32.2. The van der Waals surface area contributed by atoms with Gasteiger partial charge in [-0.2, -0.15) is 0 Å². The van der Waals surface area contributed by atoms with Crippen molar-refractivity contribution in [2.24, 2.45) is 0 Å². The molecule has 0 amide bonds. The van der Waals surface area contributed by atoms with Crippen molar-refractivity contribution in [1.82, 2.24) is 0 Å². The number of rotatable bonds is 17. The molecule has 5 nitrogen and oxygen atoms in total. The predicted octanol–water partition coefficient (Wildman–Crippen LogP) is 7.41. The monoisotopic (exact) mass is 564 g/mol. The van der Waals surface area contributed by atoms with E-state index >= 15 is 0 Å². The number of hydrogen-bond acceptors (Lipinski definition) is 6. The topological polar surface area (TPSA) is 57.2 Å². The summed E-state index contributed by atoms with van der Waals surface area (Å²) in [6.07, 6.45) is 5.31. The van der Waals surface area contributed by atoms with Crippen LogP contribution in [0, 0.1) is 0 Å². The largest absolute Gasteiger partial charge is 0.394 e. The van der Waals surface area contributed by atoms with Crippen LogP contribution in [0.25, 0.3) is 0 Å². The molecule has 0 saturated carbocycles. The first-order chi connectivity index (χ1) is 19.8. The first kappa shape index (κ1) is 30.8. The van der Waals surface area contributed by atoms with Gasteiger partial charge in [0.1, 0.15) is 29.9 Å². The quantitative estimate of drug-likeness (QED) is 0.172. The van der Waals surface area contributed by atoms with Crippen LogP contribution < -0.4 is 0 Å². The number of benzene rings is 3. The third-order valence-corrected chi connectivity index (χ3v) is 8.30. The zero-order chi connectivity index (χ0) is 27.8. The number of unbranched alkanes of at least 4 members (excludes halogenated alkanes) is 5. The van der Waals surface area contributed by atoms with Gasteiger partial charge in [-0.15, -0.1) is 0 Å². The van der Waals surface area contributed by atoms with Gasteiger partial charge in [-0.05, 0) is 29.7 Å². The number of aliphatic hydroxyl groups excluding tert-OH is 1. The second-order valence-corrected chi connectivity index (χ2v) is 11.5. The van der Waals surface area contributed by atoms with Crippen LogP contribution in [0.1, 0.15) is 56.6 Å². The lowest BCUT2D eigenvalue weighted by Gasteiger charge is -2.45. The van der Waals surface area contributed by atoms with E-state index in [-0.39, 0.29) is 12.0 Å². The molecule has 1 fully saturated rings. The Labute approximate surface area is 244 Å². The van der Waals surface area contributed by atoms with Gasteiger partial charge in [0.25, 0.3) is 0 Å². The van der Waals surface area contributed by atoms with Gasteiger partial charge >= 0.3 is 0 Å². The van der Waals surface area contributed by atoms with Gasteiger partial charge in [0, 0.05) is 11.5 Å². The first-order valence-corrected chi connectivity index (χ1v) is 15.6. The summed E-state index contributed by atoms with van der Waals surface area (Å²) < 4.78 is 26.3. The standard InChI is InChI=1S/C34H44O5S/c1-2-3-4-5-6-16-23-36-31-30(24-35)39-34(40-29-21-14-9-15-22-29)33(38-26-28-19-12-8-13-20-28)32(31)37-25-27-17-10-7-11-18-27/h7-15,17-22,30-35H,2-6,16,23-26H2,1H3/t30-,31-,32+,33-,34+/m1/s1. The van der Waals surface area contributed by atoms with Gasteiger partial charge in [0.15, 0.2) is 0 Å². The molecule has 3 aromatic carbocycles. The van der Waals surface area contributed by atoms with Crippen LogP contribution in [0.4, 0.5) is 0 Å². The maximum absolute atomic E-state index is 10.4. The predicted molar refractivity (Wildman–Crippen MR) is 161 cm³/mol. The molecule has 1 aliphatic heterocycles. The van der Waals surface area contributed by atoms with Crippen molar-refractivity contribution in [1.29, 1.82) is 0 Å². The molecule has 1 N–H and O–H groups in total. The summed E-state index contributed by atoms with van der Waals surface area (Å²) in [5.41, 5.74) is 1.79. The molecule has 5 atom stereocenters. The zero-order valence-corrected chi connectivity index (χ0v) is 24.4. The van der Waals surface area contributed by atoms with Gasteiger partial charge in [-0.25, -0.2) is 0 Å². The van der Waals surface area contributed by atoms with Crippen molar-refractivity contribution in [2.45, 2.75) is 93.4 Å². The van der Waals surface area contributed by atoms with Crippen LogP contribution in [-0.4, -0.2) is 48.2 Å². The van der Waals surface area contributed by atoms with Crippen LogP contribution in [-0.2, 0) is 32.2 Å². The summed E-state index contributed by atoms with van der Waals surface area (Å²) in [7, 11) is 0. The lowest BCUT2D eigenvalue weighted by molar-refractivity contribution is -0.249. The van der Waals surface area contributed by atoms with E-state index in [1.807, 2.05) is 54.6 Å². The molecule has 40 heavy (non-hydrogen) atoms. The number of thioether (sulfide) groups is 1. The molecular weight excluding hydrogens is 520 g/mol. The fourth-order valence-electron chi connectivity index (χ4n) is 4.96. The van der Waals surface area contributed by atoms with Crippen molar-refractivity contribution in [3.8, 4) is 0 Å². The third kappa shape index (κ3) is 9.72. The van der Waals surface area contributed by atoms with E-state index in [0.717, 1.165) is 28.9 Å². The molecular formula is C34H44O5S. The Morgan fingerprint density at radius 3 is 1.80 bits per heavy atom. The molecule has 4 rings (SSSR count). The molecule has 1 saturated heterocycles. The summed E-state index contributed by atoms with van der Waals surface area (Å²) in [6, 6.07) is 30.5. The van der Waals surface area contributed by atoms with Gasteiger partial charge in [-0.3, -0.25) is 0 Å². The highest BCUT2D eigenvalue weighted by Crippen LogP contribution is 2.38. The first-order valence-electron chi connectivity index (χ1n) is 14.7. The van der Waals surface area contributed by atoms with Gasteiger partial charge < -0.3 is 24.1 Å². The minimum Gasteiger partial charge on any atom is -0.394 e. The van der Waals surface area contributed by atoms with Gasteiger partial charge in [-0.1, -0.05) is 130 Å². The highest BCUT2D eigenvalue weighted by molar-refractivity contribution is 7.99. The summed E-state index contributed by atoms with van der Waals surface area (Å²) in [5, 5.41) is 10.4. The van der Waals surface area contributed by atoms with E-state index in [0.29, 0.717) is 19.8 Å². The van der Waals surface area contributed by atoms with Gasteiger partial charge in [0.05, 0.1) is 19.8 Å². The molecule has 216 valence electrons. The lowest BCUT2D eigenvalue weighted by Crippen LogP contribution is -2.60. The average Bonchev–Trinajstić information content (AvgIpc) is 3.00. The average molecular weight is 565 g/mol. The van der Waals surface area contributed by atoms with E-state index in [2.05, 4.69) is 43.3 Å². The Bertz CT molecular complexity index is 1050. The van der Waals surface area contributed by atoms with Crippen molar-refractivity contribution in [2.75, 3.05) is 13.2 Å². The molecule has 6 heteroatoms. The van der Waals surface area contributed by atoms with Crippen LogP contribution >= 0.6 is 11.8 Å². The summed E-state index contributed by atoms with van der Waals surface area (Å²) in [6.45, 7) is 3.54. The van der Waals surface area contributed by atoms with E-state index < -0.39 is 24.4 Å². The third-order valence-electron chi connectivity index (χ3n) is 7.15. The Morgan fingerprint density at radius 1 is 0.650 bits per heavy atom. The van der Waals surface area contributed by atoms with Gasteiger partial charge in [0.2, 0.25) is 0 Å². The minimum atomic E-state index is -0.515. The minimum absolute atomic E-state index is 0.149. The number of ether oxygens (including phenoxy) is 4. The smallest absolute Gasteiger partial charge is 0.137 e. The lowest BCUT2D eigenvalue weighted by atomic mass is 9.99. The van der Waals surface area contributed by atoms with Crippen LogP contribution in [0.3, 0.4) is 0 Å². The Balaban J connectivity index is 1.54. The second-order valence-electron chi connectivity index (χ2n) is 10.3. The number of hydrogen-bond donors (Lipinski definition) is 1. The summed E-state index contributed by atoms with van der Waals surface area (Å²) in [4.78, 5) is 1.07. The van der Waals surface area contributed by atoms with E-state index in [4.69, 9.17) is 18.9 Å². The molecule has 1 heterocycles. The Hall–Kier alpha value is -2.19. The molecule has 0 bridgehead atoms. The molecule has 0 spiro atoms. The van der Waals surface area contributed by atoms with Crippen molar-refractivity contribution in [3.05, 3.63) is 102 Å². The fraction of sp³-hybridized carbons (Fsp3) is 0.471. The zero-order valence-electron chi connectivity index (χ0n) is 23.6. The summed E-state index contributed by atoms with van der Waals surface area (Å²) >= 11 is 1.60. The Morgan fingerprint density at radius 2 is 1.20 bits per heavy atom. The fourth-order valence-corrected chi connectivity index (χ4v) is 6.10. The second kappa shape index (κ2) is 17.6. The molecule has 0 aliphatic carbocycles. The normalized spacial score (nSPS) is 22.8. The number of aliphatic hydroxyl groups is 1. The van der Waals surface area contributed by atoms with E-state index in [9.17, 15) is 5.11 Å². The molecule has 0 aromatic heterocycles.